The van der Waals surface area contributed by atoms with Crippen LogP contribution in [0.1, 0.15) is 22.3 Å². The number of rotatable bonds is 10. The van der Waals surface area contributed by atoms with E-state index in [0.717, 1.165) is 18.2 Å². The number of benzene rings is 3. The van der Waals surface area contributed by atoms with E-state index < -0.39 is 47.2 Å². The second kappa shape index (κ2) is 16.3. The van der Waals surface area contributed by atoms with Crippen LogP contribution in [-0.4, -0.2) is 63.8 Å². The molecule has 5 N–H and O–H groups in total. The zero-order chi connectivity index (χ0) is 34.9. The standard InChI is InChI=1S/C28H18ClF4NO5.C4H11NO3/c1-14-9-18-23(13-21(14)29)39-27(38)19(26(18)16-4-2-3-15(10-16)5-8-25(36)37)12-24(35)34-22-7-6-17(30)11-20(22)28(31,32)33;6-2-1-5(3-7)4-8/h2-11,13H,12H2,1H3,(H,34,35)(H,36,37);6-8H,1-4H2. The van der Waals surface area contributed by atoms with Gasteiger partial charge in [0.25, 0.3) is 0 Å². The lowest BCUT2D eigenvalue weighted by molar-refractivity contribution is -0.137. The Labute approximate surface area is 269 Å². The fourth-order valence-electron chi connectivity index (χ4n) is 4.37. The maximum Gasteiger partial charge on any atom is 0.418 e. The lowest BCUT2D eigenvalue weighted by Gasteiger charge is -2.16. The predicted octanol–water partition coefficient (Wildman–Crippen LogP) is 5.04. The number of carbonyl (C=O) groups is 2. The van der Waals surface area contributed by atoms with Gasteiger partial charge in [0.15, 0.2) is 0 Å². The van der Waals surface area contributed by atoms with Gasteiger partial charge in [0, 0.05) is 34.7 Å². The van der Waals surface area contributed by atoms with Crippen LogP contribution in [0.25, 0.3) is 28.2 Å². The maximum atomic E-state index is 13.5. The molecule has 0 radical (unpaired) electrons. The molecule has 1 amide bonds. The second-order valence-corrected chi connectivity index (χ2v) is 10.4. The molecular formula is C32H29ClF4N2O8. The van der Waals surface area contributed by atoms with Gasteiger partial charge in [-0.25, -0.2) is 14.0 Å². The fraction of sp³-hybridized carbons (Fsp3) is 0.219. The molecule has 0 spiro atoms. The molecule has 10 nitrogen and oxygen atoms in total. The van der Waals surface area contributed by atoms with Crippen LogP contribution in [0.4, 0.5) is 23.2 Å². The number of aliphatic hydroxyl groups excluding tert-OH is 3. The normalized spacial score (nSPS) is 11.5. The molecule has 1 heterocycles. The van der Waals surface area contributed by atoms with Gasteiger partial charge in [0.2, 0.25) is 5.91 Å². The van der Waals surface area contributed by atoms with Crippen LogP contribution in [-0.2, 0) is 22.2 Å². The van der Waals surface area contributed by atoms with Gasteiger partial charge in [-0.1, -0.05) is 29.8 Å². The Bertz CT molecular complexity index is 1840. The summed E-state index contributed by atoms with van der Waals surface area (Å²) in [5.74, 6) is -3.29. The number of amides is 1. The summed E-state index contributed by atoms with van der Waals surface area (Å²) in [6.07, 6.45) is -3.37. The molecule has 4 aromatic rings. The van der Waals surface area contributed by atoms with Crippen LogP contribution in [0.15, 0.2) is 69.9 Å². The van der Waals surface area contributed by atoms with Crippen LogP contribution in [0, 0.1) is 12.7 Å². The Morgan fingerprint density at radius 1 is 1.04 bits per heavy atom. The highest BCUT2D eigenvalue weighted by Gasteiger charge is 2.34. The SMILES string of the molecule is Cc1cc2c(-c3cccc(C=CC(=O)O)c3)c(CC(=O)Nc3ccc(F)cc3C(F)(F)F)c(=O)oc2cc1Cl.OCCN(CO)CO. The van der Waals surface area contributed by atoms with E-state index in [2.05, 4.69) is 5.32 Å². The molecule has 0 unspecified atom stereocenters. The number of carbonyl (C=O) groups excluding carboxylic acids is 1. The van der Waals surface area contributed by atoms with Crippen molar-refractivity contribution in [1.29, 1.82) is 0 Å². The minimum absolute atomic E-state index is 0.0406. The third kappa shape index (κ3) is 9.94. The minimum atomic E-state index is -4.95. The molecule has 0 saturated carbocycles. The largest absolute Gasteiger partial charge is 0.478 e. The number of hydrogen-bond acceptors (Lipinski definition) is 8. The molecule has 0 bridgehead atoms. The number of aryl methyl sites for hydroxylation is 1. The van der Waals surface area contributed by atoms with Crippen LogP contribution < -0.4 is 10.9 Å². The smallest absolute Gasteiger partial charge is 0.418 e. The second-order valence-electron chi connectivity index (χ2n) is 9.95. The number of fused-ring (bicyclic) bond motifs is 1. The van der Waals surface area contributed by atoms with Gasteiger partial charge in [-0.15, -0.1) is 0 Å². The highest BCUT2D eigenvalue weighted by atomic mass is 35.5. The summed E-state index contributed by atoms with van der Waals surface area (Å²) in [7, 11) is 0. The first-order chi connectivity index (χ1) is 22.2. The summed E-state index contributed by atoms with van der Waals surface area (Å²) in [5, 5.41) is 36.6. The van der Waals surface area contributed by atoms with Crippen LogP contribution in [0.3, 0.4) is 0 Å². The molecule has 0 atom stereocenters. The molecular weight excluding hydrogens is 652 g/mol. The maximum absolute atomic E-state index is 13.5. The average Bonchev–Trinajstić information content (AvgIpc) is 3.01. The highest BCUT2D eigenvalue weighted by Crippen LogP contribution is 2.37. The van der Waals surface area contributed by atoms with Crippen LogP contribution in [0.2, 0.25) is 5.02 Å². The first-order valence-electron chi connectivity index (χ1n) is 13.7. The van der Waals surface area contributed by atoms with Crippen molar-refractivity contribution in [3.63, 3.8) is 0 Å². The summed E-state index contributed by atoms with van der Waals surface area (Å²) in [6.45, 7) is 1.56. The van der Waals surface area contributed by atoms with Crippen molar-refractivity contribution in [2.24, 2.45) is 0 Å². The predicted molar refractivity (Wildman–Crippen MR) is 166 cm³/mol. The first kappa shape index (κ1) is 36.9. The summed E-state index contributed by atoms with van der Waals surface area (Å²) >= 11 is 6.20. The third-order valence-corrected chi connectivity index (χ3v) is 7.00. The Kier molecular flexibility index (Phi) is 12.8. The van der Waals surface area contributed by atoms with E-state index in [1.165, 1.54) is 17.0 Å². The van der Waals surface area contributed by atoms with Crippen molar-refractivity contribution >= 4 is 46.2 Å². The van der Waals surface area contributed by atoms with Gasteiger partial charge in [-0.2, -0.15) is 13.2 Å². The van der Waals surface area contributed by atoms with Crippen molar-refractivity contribution < 1.29 is 52.0 Å². The van der Waals surface area contributed by atoms with Gasteiger partial charge < -0.3 is 30.2 Å². The van der Waals surface area contributed by atoms with Crippen molar-refractivity contribution in [2.45, 2.75) is 19.5 Å². The van der Waals surface area contributed by atoms with Gasteiger partial charge in [-0.05, 0) is 60.0 Å². The highest BCUT2D eigenvalue weighted by molar-refractivity contribution is 6.32. The van der Waals surface area contributed by atoms with E-state index in [1.54, 1.807) is 37.3 Å². The van der Waals surface area contributed by atoms with Crippen molar-refractivity contribution in [3.05, 3.63) is 104 Å². The number of aliphatic hydroxyl groups is 3. The number of aliphatic carboxylic acids is 1. The quantitative estimate of drug-likeness (QED) is 0.0669. The van der Waals surface area contributed by atoms with Crippen LogP contribution in [0.5, 0.6) is 0 Å². The number of hydrogen-bond donors (Lipinski definition) is 5. The molecule has 4 rings (SSSR count). The summed E-state index contributed by atoms with van der Waals surface area (Å²) < 4.78 is 59.1. The van der Waals surface area contributed by atoms with E-state index >= 15 is 0 Å². The van der Waals surface area contributed by atoms with Crippen molar-refractivity contribution in [2.75, 3.05) is 31.9 Å². The van der Waals surface area contributed by atoms with E-state index in [9.17, 15) is 31.9 Å². The fourth-order valence-corrected chi connectivity index (χ4v) is 4.52. The number of carboxylic acids is 1. The minimum Gasteiger partial charge on any atom is -0.478 e. The summed E-state index contributed by atoms with van der Waals surface area (Å²) in [6, 6.07) is 11.3. The molecule has 1 aromatic heterocycles. The number of carboxylic acid groups (broad SMARTS) is 1. The summed E-state index contributed by atoms with van der Waals surface area (Å²) in [4.78, 5) is 38.3. The topological polar surface area (TPSA) is 161 Å². The molecule has 0 aliphatic heterocycles. The number of halogens is 5. The number of anilines is 1. The Hall–Kier alpha value is -4.60. The van der Waals surface area contributed by atoms with Gasteiger partial charge in [0.1, 0.15) is 11.4 Å². The summed E-state index contributed by atoms with van der Waals surface area (Å²) in [5.41, 5.74) is -1.25. The molecule has 0 aliphatic rings. The lowest BCUT2D eigenvalue weighted by atomic mass is 9.93. The zero-order valence-corrected chi connectivity index (χ0v) is 25.4. The molecule has 15 heteroatoms. The molecule has 0 fully saturated rings. The van der Waals surface area contributed by atoms with Gasteiger partial charge in [0.05, 0.1) is 43.3 Å². The van der Waals surface area contributed by atoms with Crippen molar-refractivity contribution in [3.8, 4) is 11.1 Å². The Balaban J connectivity index is 0.000000665. The number of nitrogens with zero attached hydrogens (tertiary/aromatic N) is 1. The first-order valence-corrected chi connectivity index (χ1v) is 14.0. The van der Waals surface area contributed by atoms with Gasteiger partial charge >= 0.3 is 17.8 Å². The molecule has 250 valence electrons. The third-order valence-electron chi connectivity index (χ3n) is 6.59. The zero-order valence-electron chi connectivity index (χ0n) is 24.6. The van der Waals surface area contributed by atoms with E-state index in [1.807, 2.05) is 0 Å². The number of alkyl halides is 3. The van der Waals surface area contributed by atoms with E-state index in [0.29, 0.717) is 33.6 Å². The molecule has 3 aromatic carbocycles. The average molecular weight is 681 g/mol. The Morgan fingerprint density at radius 3 is 2.34 bits per heavy atom. The van der Waals surface area contributed by atoms with Crippen LogP contribution >= 0.6 is 11.6 Å². The molecule has 0 aliphatic carbocycles. The van der Waals surface area contributed by atoms with E-state index in [4.69, 9.17) is 36.4 Å². The number of nitrogens with one attached hydrogen (secondary N) is 1. The molecule has 0 saturated heterocycles. The Morgan fingerprint density at radius 2 is 1.74 bits per heavy atom. The lowest BCUT2D eigenvalue weighted by Crippen LogP contribution is -2.28. The van der Waals surface area contributed by atoms with Gasteiger partial charge in [-0.3, -0.25) is 9.69 Å². The van der Waals surface area contributed by atoms with Crippen molar-refractivity contribution in [1.82, 2.24) is 4.90 Å². The molecule has 47 heavy (non-hydrogen) atoms. The monoisotopic (exact) mass is 680 g/mol. The van der Waals surface area contributed by atoms with E-state index in [-0.39, 0.29) is 42.8 Å².